The summed E-state index contributed by atoms with van der Waals surface area (Å²) in [7, 11) is 3.48. The molecule has 3 aliphatic heterocycles. The number of fused-ring (bicyclic) bond motifs is 1. The van der Waals surface area contributed by atoms with Crippen LogP contribution in [0.1, 0.15) is 22.6 Å². The van der Waals surface area contributed by atoms with Crippen LogP contribution in [0.3, 0.4) is 0 Å². The standard InChI is InChI=1S/C23H30N8O3/c1-28-20-10-17(12-29-13-18(14-29)34-2)26-31(20)9-8-19(23(28)33)25-22(32)21-24-15-30(27-21)11-16-6-4-3-5-7-16/h3-7,10,15,17-19,26H,8-9,11-14H2,1-2H3,(H,25,32). The van der Waals surface area contributed by atoms with Crippen LogP contribution in [0, 0.1) is 0 Å². The van der Waals surface area contributed by atoms with E-state index in [-0.39, 0.29) is 17.8 Å². The van der Waals surface area contributed by atoms with Gasteiger partial charge in [-0.05, 0) is 18.1 Å². The fourth-order valence-corrected chi connectivity index (χ4v) is 4.57. The van der Waals surface area contributed by atoms with E-state index in [4.69, 9.17) is 4.74 Å². The Bertz CT molecular complexity index is 1070. The first-order chi connectivity index (χ1) is 16.5. The van der Waals surface area contributed by atoms with Gasteiger partial charge in [0.2, 0.25) is 5.82 Å². The van der Waals surface area contributed by atoms with Gasteiger partial charge in [-0.15, -0.1) is 5.10 Å². The first-order valence-electron chi connectivity index (χ1n) is 11.5. The molecular weight excluding hydrogens is 436 g/mol. The minimum absolute atomic E-state index is 0.0532. The smallest absolute Gasteiger partial charge is 0.291 e. The minimum Gasteiger partial charge on any atom is -0.379 e. The van der Waals surface area contributed by atoms with Gasteiger partial charge in [-0.25, -0.2) is 15.1 Å². The van der Waals surface area contributed by atoms with E-state index in [0.29, 0.717) is 25.6 Å². The Hall–Kier alpha value is -3.28. The molecule has 3 aliphatic rings. The van der Waals surface area contributed by atoms with E-state index >= 15 is 0 Å². The first kappa shape index (κ1) is 22.5. The van der Waals surface area contributed by atoms with Gasteiger partial charge >= 0.3 is 0 Å². The number of likely N-dealkylation sites (tertiary alicyclic amines) is 1. The minimum atomic E-state index is -0.650. The van der Waals surface area contributed by atoms with Gasteiger partial charge in [0.05, 0.1) is 18.7 Å². The van der Waals surface area contributed by atoms with Crippen molar-refractivity contribution in [1.29, 1.82) is 0 Å². The SMILES string of the molecule is COC1CN(CC2C=C3N(CCC(NC(=O)c4ncn(Cc5ccccc5)n4)C(=O)N3C)N2)C1. The van der Waals surface area contributed by atoms with Crippen LogP contribution in [0.5, 0.6) is 0 Å². The molecule has 2 atom stereocenters. The molecule has 34 heavy (non-hydrogen) atoms. The lowest BCUT2D eigenvalue weighted by Gasteiger charge is -2.39. The number of carbonyl (C=O) groups excluding carboxylic acids is 2. The molecule has 1 aromatic heterocycles. The molecule has 0 aliphatic carbocycles. The monoisotopic (exact) mass is 466 g/mol. The summed E-state index contributed by atoms with van der Waals surface area (Å²) in [6, 6.07) is 9.31. The van der Waals surface area contributed by atoms with Crippen molar-refractivity contribution >= 4 is 11.8 Å². The van der Waals surface area contributed by atoms with Crippen LogP contribution < -0.4 is 10.7 Å². The number of rotatable bonds is 7. The Labute approximate surface area is 198 Å². The maximum Gasteiger partial charge on any atom is 0.291 e. The van der Waals surface area contributed by atoms with Crippen molar-refractivity contribution in [3.63, 3.8) is 0 Å². The number of ether oxygens (including phenoxy) is 1. The van der Waals surface area contributed by atoms with E-state index in [1.54, 1.807) is 23.7 Å². The highest BCUT2D eigenvalue weighted by atomic mass is 16.5. The summed E-state index contributed by atoms with van der Waals surface area (Å²) in [5, 5.41) is 9.10. The summed E-state index contributed by atoms with van der Waals surface area (Å²) in [6.45, 7) is 3.83. The summed E-state index contributed by atoms with van der Waals surface area (Å²) < 4.78 is 6.96. The summed E-state index contributed by atoms with van der Waals surface area (Å²) in [6.07, 6.45) is 4.40. The number of carbonyl (C=O) groups is 2. The predicted octanol–water partition coefficient (Wildman–Crippen LogP) is -0.352. The van der Waals surface area contributed by atoms with Crippen LogP contribution in [0.2, 0.25) is 0 Å². The quantitative estimate of drug-likeness (QED) is 0.570. The normalized spacial score (nSPS) is 23.4. The molecule has 0 saturated carbocycles. The number of amides is 2. The molecule has 2 amide bonds. The number of hydrazine groups is 1. The lowest BCUT2D eigenvalue weighted by atomic mass is 10.1. The summed E-state index contributed by atoms with van der Waals surface area (Å²) in [4.78, 5) is 34.0. The molecule has 2 saturated heterocycles. The number of benzene rings is 1. The van der Waals surface area contributed by atoms with Crippen molar-refractivity contribution in [1.82, 2.24) is 40.3 Å². The zero-order valence-electron chi connectivity index (χ0n) is 19.4. The van der Waals surface area contributed by atoms with Crippen LogP contribution in [-0.2, 0) is 16.1 Å². The molecule has 11 heteroatoms. The number of methoxy groups -OCH3 is 1. The lowest BCUT2D eigenvalue weighted by molar-refractivity contribution is -0.130. The average molecular weight is 467 g/mol. The second kappa shape index (κ2) is 9.53. The van der Waals surface area contributed by atoms with E-state index in [1.165, 1.54) is 6.33 Å². The van der Waals surface area contributed by atoms with E-state index in [2.05, 4.69) is 31.8 Å². The zero-order valence-corrected chi connectivity index (χ0v) is 19.4. The fourth-order valence-electron chi connectivity index (χ4n) is 4.57. The van der Waals surface area contributed by atoms with Gasteiger partial charge in [0, 0.05) is 40.3 Å². The number of hydrogen-bond donors (Lipinski definition) is 2. The van der Waals surface area contributed by atoms with E-state index in [1.807, 2.05) is 35.3 Å². The van der Waals surface area contributed by atoms with Crippen LogP contribution in [0.15, 0.2) is 48.6 Å². The van der Waals surface area contributed by atoms with Crippen molar-refractivity contribution in [2.45, 2.75) is 31.2 Å². The van der Waals surface area contributed by atoms with E-state index in [0.717, 1.165) is 31.0 Å². The van der Waals surface area contributed by atoms with Gasteiger partial charge in [-0.2, -0.15) is 0 Å². The van der Waals surface area contributed by atoms with E-state index in [9.17, 15) is 9.59 Å². The predicted molar refractivity (Wildman–Crippen MR) is 123 cm³/mol. The maximum absolute atomic E-state index is 13.1. The molecule has 2 aromatic rings. The number of aromatic nitrogens is 3. The fraction of sp³-hybridized carbons (Fsp3) is 0.478. The Morgan fingerprint density at radius 3 is 2.82 bits per heavy atom. The van der Waals surface area contributed by atoms with Crippen molar-refractivity contribution in [2.75, 3.05) is 40.3 Å². The van der Waals surface area contributed by atoms with Crippen LogP contribution in [0.25, 0.3) is 0 Å². The molecule has 1 aromatic carbocycles. The highest BCUT2D eigenvalue weighted by Crippen LogP contribution is 2.23. The molecule has 2 fully saturated rings. The van der Waals surface area contributed by atoms with Gasteiger partial charge in [0.1, 0.15) is 18.2 Å². The van der Waals surface area contributed by atoms with E-state index < -0.39 is 11.9 Å². The Morgan fingerprint density at radius 2 is 2.06 bits per heavy atom. The summed E-state index contributed by atoms with van der Waals surface area (Å²) in [5.41, 5.74) is 4.53. The summed E-state index contributed by atoms with van der Waals surface area (Å²) in [5.74, 6) is 0.265. The van der Waals surface area contributed by atoms with Gasteiger partial charge < -0.3 is 10.1 Å². The summed E-state index contributed by atoms with van der Waals surface area (Å²) >= 11 is 0. The zero-order chi connectivity index (χ0) is 23.7. The number of nitrogens with zero attached hydrogens (tertiary/aromatic N) is 6. The molecule has 5 rings (SSSR count). The first-order valence-corrected chi connectivity index (χ1v) is 11.5. The molecule has 180 valence electrons. The highest BCUT2D eigenvalue weighted by molar-refractivity contribution is 5.95. The maximum atomic E-state index is 13.1. The number of likely N-dealkylation sites (N-methyl/N-ethyl adjacent to an activating group) is 1. The van der Waals surface area contributed by atoms with Gasteiger partial charge in [0.15, 0.2) is 0 Å². The molecule has 2 N–H and O–H groups in total. The van der Waals surface area contributed by atoms with Crippen LogP contribution in [-0.4, -0.2) is 99.9 Å². The Morgan fingerprint density at radius 1 is 1.26 bits per heavy atom. The number of nitrogens with one attached hydrogen (secondary N) is 2. The largest absolute Gasteiger partial charge is 0.379 e. The van der Waals surface area contributed by atoms with Crippen LogP contribution >= 0.6 is 0 Å². The highest BCUT2D eigenvalue weighted by Gasteiger charge is 2.38. The average Bonchev–Trinajstić information content (AvgIpc) is 3.43. The lowest BCUT2D eigenvalue weighted by Crippen LogP contribution is -2.55. The van der Waals surface area contributed by atoms with Crippen molar-refractivity contribution in [3.8, 4) is 0 Å². The second-order valence-corrected chi connectivity index (χ2v) is 8.95. The van der Waals surface area contributed by atoms with Crippen molar-refractivity contribution < 1.29 is 14.3 Å². The Balaban J connectivity index is 1.18. The molecule has 2 unspecified atom stereocenters. The molecule has 11 nitrogen and oxygen atoms in total. The molecule has 4 heterocycles. The molecule has 0 bridgehead atoms. The molecular formula is C23H30N8O3. The third-order valence-electron chi connectivity index (χ3n) is 6.51. The third kappa shape index (κ3) is 4.67. The topological polar surface area (TPSA) is 108 Å². The van der Waals surface area contributed by atoms with Gasteiger partial charge in [-0.1, -0.05) is 30.3 Å². The molecule has 0 radical (unpaired) electrons. The third-order valence-corrected chi connectivity index (χ3v) is 6.51. The van der Waals surface area contributed by atoms with Crippen LogP contribution in [0.4, 0.5) is 0 Å². The molecule has 0 spiro atoms. The van der Waals surface area contributed by atoms with Crippen molar-refractivity contribution in [3.05, 3.63) is 59.9 Å². The van der Waals surface area contributed by atoms with Crippen molar-refractivity contribution in [2.24, 2.45) is 0 Å². The van der Waals surface area contributed by atoms with Gasteiger partial charge in [-0.3, -0.25) is 24.4 Å². The second-order valence-electron chi connectivity index (χ2n) is 8.95. The number of hydrogen-bond acceptors (Lipinski definition) is 8. The Kier molecular flexibility index (Phi) is 6.31. The van der Waals surface area contributed by atoms with Gasteiger partial charge in [0.25, 0.3) is 11.8 Å².